The summed E-state index contributed by atoms with van der Waals surface area (Å²) in [5, 5.41) is 21.0. The van der Waals surface area contributed by atoms with Crippen molar-refractivity contribution in [1.29, 1.82) is 0 Å². The average Bonchev–Trinajstić information content (AvgIpc) is 2.94. The molecular formula is C21H18FNO4S. The third-order valence-electron chi connectivity index (χ3n) is 3.96. The smallest absolute Gasteiger partial charge is 0.344 e. The molecule has 0 fully saturated rings. The molecule has 2 N–H and O–H groups in total. The van der Waals surface area contributed by atoms with Crippen LogP contribution in [0.1, 0.15) is 18.1 Å². The SMILES string of the molecule is CCOC(=O)C1=C(O)/C(=C\c2cccc(C)c2O)SC1=Nc1cccc(F)c1. The molecule has 1 heterocycles. The molecule has 0 saturated carbocycles. The normalized spacial score (nSPS) is 16.8. The lowest BCUT2D eigenvalue weighted by Crippen LogP contribution is -2.12. The van der Waals surface area contributed by atoms with Crippen LogP contribution in [0.4, 0.5) is 10.1 Å². The molecule has 28 heavy (non-hydrogen) atoms. The first kappa shape index (κ1) is 19.7. The minimum absolute atomic E-state index is 0.0802. The van der Waals surface area contributed by atoms with Crippen LogP contribution in [-0.4, -0.2) is 27.8 Å². The molecule has 0 atom stereocenters. The van der Waals surface area contributed by atoms with Crippen molar-refractivity contribution in [3.05, 3.63) is 75.6 Å². The monoisotopic (exact) mass is 399 g/mol. The molecular weight excluding hydrogens is 381 g/mol. The highest BCUT2D eigenvalue weighted by Crippen LogP contribution is 2.41. The average molecular weight is 399 g/mol. The Morgan fingerprint density at radius 2 is 2.00 bits per heavy atom. The van der Waals surface area contributed by atoms with Crippen molar-refractivity contribution in [2.45, 2.75) is 13.8 Å². The Balaban J connectivity index is 2.08. The second-order valence-electron chi connectivity index (χ2n) is 5.96. The fraction of sp³-hybridized carbons (Fsp3) is 0.143. The van der Waals surface area contributed by atoms with Crippen LogP contribution in [0.5, 0.6) is 5.75 Å². The molecule has 0 aromatic heterocycles. The van der Waals surface area contributed by atoms with Crippen LogP contribution >= 0.6 is 11.8 Å². The number of esters is 1. The highest BCUT2D eigenvalue weighted by atomic mass is 32.2. The van der Waals surface area contributed by atoms with Crippen molar-refractivity contribution in [1.82, 2.24) is 0 Å². The van der Waals surface area contributed by atoms with Crippen LogP contribution in [0.2, 0.25) is 0 Å². The molecule has 3 rings (SSSR count). The quantitative estimate of drug-likeness (QED) is 0.705. The maximum atomic E-state index is 13.5. The zero-order chi connectivity index (χ0) is 20.3. The van der Waals surface area contributed by atoms with E-state index in [4.69, 9.17) is 4.74 Å². The number of hydrogen-bond acceptors (Lipinski definition) is 6. The van der Waals surface area contributed by atoms with E-state index in [1.807, 2.05) is 0 Å². The van der Waals surface area contributed by atoms with Crippen molar-refractivity contribution in [3.63, 3.8) is 0 Å². The van der Waals surface area contributed by atoms with Gasteiger partial charge in [-0.15, -0.1) is 0 Å². The number of phenols is 1. The van der Waals surface area contributed by atoms with E-state index in [0.29, 0.717) is 21.7 Å². The van der Waals surface area contributed by atoms with Gasteiger partial charge in [0.2, 0.25) is 0 Å². The Labute approximate surface area is 165 Å². The van der Waals surface area contributed by atoms with Gasteiger partial charge in [-0.05, 0) is 43.7 Å². The summed E-state index contributed by atoms with van der Waals surface area (Å²) in [5.74, 6) is -1.40. The Morgan fingerprint density at radius 1 is 1.25 bits per heavy atom. The van der Waals surface area contributed by atoms with E-state index in [9.17, 15) is 19.4 Å². The number of aromatic hydroxyl groups is 1. The number of aliphatic imine (C=N–C) groups is 1. The fourth-order valence-corrected chi connectivity index (χ4v) is 3.62. The van der Waals surface area contributed by atoms with Crippen molar-refractivity contribution < 1.29 is 24.1 Å². The van der Waals surface area contributed by atoms with E-state index in [1.54, 1.807) is 44.2 Å². The highest BCUT2D eigenvalue weighted by molar-refractivity contribution is 8.18. The van der Waals surface area contributed by atoms with E-state index < -0.39 is 11.8 Å². The number of phenolic OH excluding ortho intramolecular Hbond substituents is 1. The Kier molecular flexibility index (Phi) is 5.84. The van der Waals surface area contributed by atoms with Crippen molar-refractivity contribution in [2.75, 3.05) is 6.61 Å². The van der Waals surface area contributed by atoms with E-state index in [2.05, 4.69) is 4.99 Å². The molecule has 0 spiro atoms. The van der Waals surface area contributed by atoms with E-state index >= 15 is 0 Å². The van der Waals surface area contributed by atoms with Crippen molar-refractivity contribution in [3.8, 4) is 5.75 Å². The van der Waals surface area contributed by atoms with Gasteiger partial charge in [-0.1, -0.05) is 36.0 Å². The van der Waals surface area contributed by atoms with Gasteiger partial charge in [0.1, 0.15) is 27.9 Å². The minimum atomic E-state index is -0.723. The summed E-state index contributed by atoms with van der Waals surface area (Å²) in [6.07, 6.45) is 1.57. The largest absolute Gasteiger partial charge is 0.507 e. The highest BCUT2D eigenvalue weighted by Gasteiger charge is 2.33. The van der Waals surface area contributed by atoms with Gasteiger partial charge in [-0.2, -0.15) is 0 Å². The van der Waals surface area contributed by atoms with Crippen LogP contribution in [0.3, 0.4) is 0 Å². The Hall–Kier alpha value is -3.06. The van der Waals surface area contributed by atoms with Crippen LogP contribution in [0.25, 0.3) is 6.08 Å². The molecule has 144 valence electrons. The predicted molar refractivity (Wildman–Crippen MR) is 108 cm³/mol. The van der Waals surface area contributed by atoms with Crippen LogP contribution in [-0.2, 0) is 9.53 Å². The van der Waals surface area contributed by atoms with Gasteiger partial charge >= 0.3 is 5.97 Å². The molecule has 2 aromatic rings. The number of benzene rings is 2. The number of carbonyl (C=O) groups excluding carboxylic acids is 1. The number of rotatable bonds is 4. The van der Waals surface area contributed by atoms with Crippen molar-refractivity contribution in [2.24, 2.45) is 4.99 Å². The first-order valence-electron chi connectivity index (χ1n) is 8.54. The van der Waals surface area contributed by atoms with Crippen molar-refractivity contribution >= 4 is 34.5 Å². The standard InChI is InChI=1S/C21H18FNO4S/c1-3-27-21(26)17-19(25)16(10-13-7-4-6-12(2)18(13)24)28-20(17)23-15-9-5-8-14(22)11-15/h4-11,24-25H,3H2,1-2H3/b16-10+,23-20?. The van der Waals surface area contributed by atoms with Crippen LogP contribution in [0.15, 0.2) is 63.7 Å². The molecule has 1 aliphatic heterocycles. The zero-order valence-corrected chi connectivity index (χ0v) is 16.1. The molecule has 5 nitrogen and oxygen atoms in total. The molecule has 0 aliphatic carbocycles. The number of thioether (sulfide) groups is 1. The molecule has 1 aliphatic rings. The molecule has 0 radical (unpaired) electrons. The summed E-state index contributed by atoms with van der Waals surface area (Å²) >= 11 is 1.04. The Bertz CT molecular complexity index is 1030. The summed E-state index contributed by atoms with van der Waals surface area (Å²) in [6.45, 7) is 3.55. The minimum Gasteiger partial charge on any atom is -0.507 e. The second kappa shape index (κ2) is 8.31. The number of aliphatic hydroxyl groups is 1. The lowest BCUT2D eigenvalue weighted by Gasteiger charge is -2.04. The van der Waals surface area contributed by atoms with E-state index in [1.165, 1.54) is 18.2 Å². The van der Waals surface area contributed by atoms with E-state index in [0.717, 1.165) is 11.8 Å². The van der Waals surface area contributed by atoms with Gasteiger partial charge in [-0.25, -0.2) is 14.2 Å². The zero-order valence-electron chi connectivity index (χ0n) is 15.3. The van der Waals surface area contributed by atoms with Gasteiger partial charge in [0.05, 0.1) is 17.2 Å². The lowest BCUT2D eigenvalue weighted by atomic mass is 10.1. The van der Waals surface area contributed by atoms with Gasteiger partial charge in [0.25, 0.3) is 0 Å². The fourth-order valence-electron chi connectivity index (χ4n) is 2.59. The molecule has 0 bridgehead atoms. The maximum Gasteiger partial charge on any atom is 0.344 e. The summed E-state index contributed by atoms with van der Waals surface area (Å²) in [5.41, 5.74) is 1.38. The maximum absolute atomic E-state index is 13.5. The summed E-state index contributed by atoms with van der Waals surface area (Å²) < 4.78 is 18.5. The molecule has 7 heteroatoms. The first-order valence-corrected chi connectivity index (χ1v) is 9.35. The number of aryl methyl sites for hydroxylation is 1. The first-order chi connectivity index (χ1) is 13.4. The number of aliphatic hydroxyl groups excluding tert-OH is 1. The topological polar surface area (TPSA) is 79.1 Å². The van der Waals surface area contributed by atoms with Gasteiger partial charge in [0, 0.05) is 5.56 Å². The number of hydrogen-bond donors (Lipinski definition) is 2. The lowest BCUT2D eigenvalue weighted by molar-refractivity contribution is -0.138. The second-order valence-corrected chi connectivity index (χ2v) is 6.99. The van der Waals surface area contributed by atoms with Crippen LogP contribution in [0, 0.1) is 12.7 Å². The van der Waals surface area contributed by atoms with E-state index in [-0.39, 0.29) is 28.7 Å². The molecule has 2 aromatic carbocycles. The van der Waals surface area contributed by atoms with Gasteiger partial charge in [0.15, 0.2) is 0 Å². The molecule has 0 unspecified atom stereocenters. The summed E-state index contributed by atoms with van der Waals surface area (Å²) in [7, 11) is 0. The Morgan fingerprint density at radius 3 is 2.71 bits per heavy atom. The number of ether oxygens (including phenoxy) is 1. The molecule has 0 saturated heterocycles. The van der Waals surface area contributed by atoms with Gasteiger partial charge < -0.3 is 14.9 Å². The number of para-hydroxylation sites is 1. The predicted octanol–water partition coefficient (Wildman–Crippen LogP) is 5.03. The van der Waals surface area contributed by atoms with Crippen LogP contribution < -0.4 is 0 Å². The number of halogens is 1. The third-order valence-corrected chi connectivity index (χ3v) is 4.98. The summed E-state index contributed by atoms with van der Waals surface area (Å²) in [4.78, 5) is 17.0. The number of nitrogens with zero attached hydrogens (tertiary/aromatic N) is 1. The third kappa shape index (κ3) is 4.09. The molecule has 0 amide bonds. The van der Waals surface area contributed by atoms with Gasteiger partial charge in [-0.3, -0.25) is 0 Å². The summed E-state index contributed by atoms with van der Waals surface area (Å²) in [6, 6.07) is 10.8. The number of carbonyl (C=O) groups is 1.